The van der Waals surface area contributed by atoms with Crippen molar-refractivity contribution >= 4 is 5.78 Å². The highest BCUT2D eigenvalue weighted by Crippen LogP contribution is 2.34. The van der Waals surface area contributed by atoms with Crippen LogP contribution in [0.15, 0.2) is 42.5 Å². The SMILES string of the molecule is O=C(Cc1cc(F)c(F)cc1F)C1CC2COCC(C1)N2Cc1ccccc1. The molecule has 0 amide bonds. The molecule has 28 heavy (non-hydrogen) atoms. The molecule has 0 saturated carbocycles. The molecule has 0 aliphatic carbocycles. The molecule has 2 heterocycles. The van der Waals surface area contributed by atoms with Crippen LogP contribution >= 0.6 is 0 Å². The first-order chi connectivity index (χ1) is 13.5. The normalized spacial score (nSPS) is 24.9. The van der Waals surface area contributed by atoms with E-state index in [9.17, 15) is 18.0 Å². The molecule has 0 radical (unpaired) electrons. The number of ether oxygens (including phenoxy) is 1. The van der Waals surface area contributed by atoms with Crippen LogP contribution in [0.4, 0.5) is 13.2 Å². The summed E-state index contributed by atoms with van der Waals surface area (Å²) in [5, 5.41) is 0. The summed E-state index contributed by atoms with van der Waals surface area (Å²) in [5.74, 6) is -3.60. The number of Topliss-reactive ketones (excluding diaryl/α,β-unsaturated/α-hetero) is 1. The summed E-state index contributed by atoms with van der Waals surface area (Å²) in [4.78, 5) is 15.2. The number of carbonyl (C=O) groups excluding carboxylic acids is 1. The number of piperidine rings is 1. The lowest BCUT2D eigenvalue weighted by molar-refractivity contribution is -0.133. The topological polar surface area (TPSA) is 29.5 Å². The van der Waals surface area contributed by atoms with Gasteiger partial charge in [-0.15, -0.1) is 0 Å². The van der Waals surface area contributed by atoms with Crippen LogP contribution in [-0.4, -0.2) is 36.0 Å². The molecule has 2 aliphatic rings. The third-order valence-electron chi connectivity index (χ3n) is 5.79. The Kier molecular flexibility index (Phi) is 5.51. The minimum atomic E-state index is -1.24. The molecular weight excluding hydrogens is 367 g/mol. The van der Waals surface area contributed by atoms with E-state index in [0.717, 1.165) is 12.6 Å². The molecule has 148 valence electrons. The van der Waals surface area contributed by atoms with Crippen LogP contribution in [0.2, 0.25) is 0 Å². The van der Waals surface area contributed by atoms with E-state index in [1.54, 1.807) is 0 Å². The predicted molar refractivity (Wildman–Crippen MR) is 98.1 cm³/mol. The summed E-state index contributed by atoms with van der Waals surface area (Å²) in [7, 11) is 0. The number of benzene rings is 2. The Morgan fingerprint density at radius 2 is 1.61 bits per heavy atom. The summed E-state index contributed by atoms with van der Waals surface area (Å²) >= 11 is 0. The van der Waals surface area contributed by atoms with E-state index >= 15 is 0 Å². The van der Waals surface area contributed by atoms with Crippen LogP contribution in [0, 0.1) is 23.4 Å². The number of ketones is 1. The molecule has 2 unspecified atom stereocenters. The molecule has 0 N–H and O–H groups in total. The fourth-order valence-electron chi connectivity index (χ4n) is 4.34. The number of fused-ring (bicyclic) bond motifs is 2. The van der Waals surface area contributed by atoms with Crippen molar-refractivity contribution < 1.29 is 22.7 Å². The van der Waals surface area contributed by atoms with E-state index in [4.69, 9.17) is 4.74 Å². The first-order valence-corrected chi connectivity index (χ1v) is 9.55. The van der Waals surface area contributed by atoms with E-state index in [2.05, 4.69) is 17.0 Å². The highest BCUT2D eigenvalue weighted by atomic mass is 19.2. The fraction of sp³-hybridized carbons (Fsp3) is 0.409. The van der Waals surface area contributed by atoms with Crippen LogP contribution in [0.5, 0.6) is 0 Å². The van der Waals surface area contributed by atoms with Gasteiger partial charge in [0.15, 0.2) is 11.6 Å². The van der Waals surface area contributed by atoms with Gasteiger partial charge >= 0.3 is 0 Å². The van der Waals surface area contributed by atoms with Gasteiger partial charge < -0.3 is 4.74 Å². The number of hydrogen-bond acceptors (Lipinski definition) is 3. The fourth-order valence-corrected chi connectivity index (χ4v) is 4.34. The van der Waals surface area contributed by atoms with Crippen molar-refractivity contribution in [1.82, 2.24) is 4.90 Å². The molecule has 6 heteroatoms. The van der Waals surface area contributed by atoms with Gasteiger partial charge in [0.05, 0.1) is 13.2 Å². The molecule has 2 aromatic rings. The second kappa shape index (κ2) is 8.05. The van der Waals surface area contributed by atoms with Crippen LogP contribution < -0.4 is 0 Å². The number of halogens is 3. The summed E-state index contributed by atoms with van der Waals surface area (Å²) < 4.78 is 46.1. The first-order valence-electron chi connectivity index (χ1n) is 9.55. The Morgan fingerprint density at radius 3 is 2.29 bits per heavy atom. The van der Waals surface area contributed by atoms with Crippen LogP contribution in [0.3, 0.4) is 0 Å². The van der Waals surface area contributed by atoms with Crippen molar-refractivity contribution in [3.63, 3.8) is 0 Å². The van der Waals surface area contributed by atoms with Gasteiger partial charge in [-0.2, -0.15) is 0 Å². The standard InChI is InChI=1S/C22H22F3NO2/c23-19-10-21(25)20(24)8-15(19)9-22(27)16-6-17-12-28-13-18(7-16)26(17)11-14-4-2-1-3-5-14/h1-5,8,10,16-18H,6-7,9,11-13H2. The summed E-state index contributed by atoms with van der Waals surface area (Å²) in [5.41, 5.74) is 1.13. The van der Waals surface area contributed by atoms with Gasteiger partial charge in [-0.25, -0.2) is 13.2 Å². The Hall–Kier alpha value is -2.18. The predicted octanol–water partition coefficient (Wildman–Crippen LogP) is 3.90. The minimum absolute atomic E-state index is 0.0861. The Labute approximate surface area is 162 Å². The molecule has 0 spiro atoms. The van der Waals surface area contributed by atoms with E-state index in [1.807, 2.05) is 18.2 Å². The summed E-state index contributed by atoms with van der Waals surface area (Å²) in [6.07, 6.45) is 1.05. The van der Waals surface area contributed by atoms with Crippen molar-refractivity contribution in [2.75, 3.05) is 13.2 Å². The Balaban J connectivity index is 1.45. The van der Waals surface area contributed by atoms with Crippen LogP contribution in [0.25, 0.3) is 0 Å². The van der Waals surface area contributed by atoms with Gasteiger partial charge in [-0.05, 0) is 30.0 Å². The molecule has 2 bridgehead atoms. The zero-order valence-corrected chi connectivity index (χ0v) is 15.4. The van der Waals surface area contributed by atoms with E-state index < -0.39 is 17.5 Å². The second-order valence-corrected chi connectivity index (χ2v) is 7.67. The van der Waals surface area contributed by atoms with Gasteiger partial charge in [-0.3, -0.25) is 9.69 Å². The minimum Gasteiger partial charge on any atom is -0.378 e. The Bertz CT molecular complexity index is 844. The van der Waals surface area contributed by atoms with Crippen LogP contribution in [0.1, 0.15) is 24.0 Å². The van der Waals surface area contributed by atoms with Gasteiger partial charge in [0.25, 0.3) is 0 Å². The van der Waals surface area contributed by atoms with Crippen molar-refractivity contribution in [3.05, 3.63) is 71.0 Å². The van der Waals surface area contributed by atoms with E-state index in [0.29, 0.717) is 32.1 Å². The molecule has 2 saturated heterocycles. The lowest BCUT2D eigenvalue weighted by Gasteiger charge is -2.48. The second-order valence-electron chi connectivity index (χ2n) is 7.67. The maximum atomic E-state index is 13.9. The third kappa shape index (κ3) is 3.98. The number of morpholine rings is 1. The largest absolute Gasteiger partial charge is 0.378 e. The maximum Gasteiger partial charge on any atom is 0.161 e. The Morgan fingerprint density at radius 1 is 0.964 bits per heavy atom. The molecule has 0 aromatic heterocycles. The van der Waals surface area contributed by atoms with E-state index in [1.165, 1.54) is 5.56 Å². The van der Waals surface area contributed by atoms with Crippen LogP contribution in [-0.2, 0) is 22.5 Å². The zero-order valence-electron chi connectivity index (χ0n) is 15.4. The number of nitrogens with zero attached hydrogens (tertiary/aromatic N) is 1. The van der Waals surface area contributed by atoms with Gasteiger partial charge in [0.1, 0.15) is 11.6 Å². The molecule has 4 rings (SSSR count). The lowest BCUT2D eigenvalue weighted by atomic mass is 9.80. The maximum absolute atomic E-state index is 13.9. The average Bonchev–Trinajstić information content (AvgIpc) is 2.66. The molecule has 3 nitrogen and oxygen atoms in total. The number of rotatable bonds is 5. The number of carbonyl (C=O) groups is 1. The highest BCUT2D eigenvalue weighted by Gasteiger charge is 2.41. The molecule has 2 atom stereocenters. The van der Waals surface area contributed by atoms with Crippen molar-refractivity contribution in [2.24, 2.45) is 5.92 Å². The van der Waals surface area contributed by atoms with Crippen molar-refractivity contribution in [1.29, 1.82) is 0 Å². The molecule has 2 fully saturated rings. The average molecular weight is 389 g/mol. The third-order valence-corrected chi connectivity index (χ3v) is 5.79. The van der Waals surface area contributed by atoms with Gasteiger partial charge in [0.2, 0.25) is 0 Å². The molecule has 2 aromatic carbocycles. The highest BCUT2D eigenvalue weighted by molar-refractivity contribution is 5.83. The quantitative estimate of drug-likeness (QED) is 0.727. The van der Waals surface area contributed by atoms with Crippen molar-refractivity contribution in [3.8, 4) is 0 Å². The first kappa shape index (κ1) is 19.2. The zero-order chi connectivity index (χ0) is 19.7. The van der Waals surface area contributed by atoms with E-state index in [-0.39, 0.29) is 35.8 Å². The monoisotopic (exact) mass is 389 g/mol. The summed E-state index contributed by atoms with van der Waals surface area (Å²) in [6.45, 7) is 1.93. The molecule has 2 aliphatic heterocycles. The van der Waals surface area contributed by atoms with Crippen molar-refractivity contribution in [2.45, 2.75) is 37.9 Å². The smallest absolute Gasteiger partial charge is 0.161 e. The molecular formula is C22H22F3NO2. The number of hydrogen-bond donors (Lipinski definition) is 0. The summed E-state index contributed by atoms with van der Waals surface area (Å²) in [6, 6.07) is 11.7. The van der Waals surface area contributed by atoms with Gasteiger partial charge in [-0.1, -0.05) is 30.3 Å². The van der Waals surface area contributed by atoms with Gasteiger partial charge in [0, 0.05) is 37.0 Å². The lowest BCUT2D eigenvalue weighted by Crippen LogP contribution is -2.57.